The number of anilines is 1. The van der Waals surface area contributed by atoms with Gasteiger partial charge in [-0.2, -0.15) is 9.97 Å². The number of halogens is 4. The molecule has 0 bridgehead atoms. The molecule has 1 aromatic heterocycles. The molecule has 232 valence electrons. The fourth-order valence-electron chi connectivity index (χ4n) is 8.10. The number of benzene rings is 3. The molecule has 1 unspecified atom stereocenters. The summed E-state index contributed by atoms with van der Waals surface area (Å²) < 4.78 is 53.5. The molecule has 0 radical (unpaired) electrons. The van der Waals surface area contributed by atoms with E-state index in [4.69, 9.17) is 21.3 Å². The lowest BCUT2D eigenvalue weighted by Gasteiger charge is -2.47. The van der Waals surface area contributed by atoms with Gasteiger partial charge in [-0.05, 0) is 55.0 Å². The lowest BCUT2D eigenvalue weighted by Crippen LogP contribution is -2.63. The molecule has 0 saturated carbocycles. The van der Waals surface area contributed by atoms with Crippen molar-refractivity contribution < 1.29 is 22.7 Å². The van der Waals surface area contributed by atoms with Crippen molar-refractivity contribution in [2.24, 2.45) is 0 Å². The number of rotatable bonds is 6. The van der Waals surface area contributed by atoms with Crippen LogP contribution in [-0.2, 0) is 4.79 Å². The summed E-state index contributed by atoms with van der Waals surface area (Å²) in [4.78, 5) is 27.5. The van der Waals surface area contributed by atoms with Crippen molar-refractivity contribution in [3.05, 3.63) is 71.8 Å². The molecule has 4 aliphatic rings. The molecule has 4 aliphatic heterocycles. The third-order valence-electron chi connectivity index (χ3n) is 10.2. The van der Waals surface area contributed by atoms with Crippen molar-refractivity contribution in [3.63, 3.8) is 0 Å². The number of hydrogen-bond donors (Lipinski definition) is 0. The van der Waals surface area contributed by atoms with Crippen molar-refractivity contribution >= 4 is 45.0 Å². The summed E-state index contributed by atoms with van der Waals surface area (Å²) in [5.41, 5.74) is -0.454. The number of aromatic nitrogens is 2. The Bertz CT molecular complexity index is 1890. The third-order valence-corrected chi connectivity index (χ3v) is 10.5. The van der Waals surface area contributed by atoms with Crippen LogP contribution in [0.15, 0.2) is 55.1 Å². The van der Waals surface area contributed by atoms with Crippen LogP contribution >= 0.6 is 11.6 Å². The number of hydrogen-bond acceptors (Lipinski definition) is 6. The zero-order valence-corrected chi connectivity index (χ0v) is 25.2. The van der Waals surface area contributed by atoms with Crippen molar-refractivity contribution in [1.29, 1.82) is 0 Å². The first-order chi connectivity index (χ1) is 21.8. The van der Waals surface area contributed by atoms with E-state index in [1.165, 1.54) is 12.1 Å². The summed E-state index contributed by atoms with van der Waals surface area (Å²) >= 11 is 6.54. The zero-order chi connectivity index (χ0) is 31.0. The fraction of sp³-hybridized carbons (Fsp3) is 0.382. The normalized spacial score (nSPS) is 25.9. The van der Waals surface area contributed by atoms with Gasteiger partial charge >= 0.3 is 6.01 Å². The molecule has 5 heterocycles. The van der Waals surface area contributed by atoms with Crippen LogP contribution in [0.25, 0.3) is 32.8 Å². The Hall–Kier alpha value is -3.89. The third kappa shape index (κ3) is 4.40. The number of alkyl halides is 1. The van der Waals surface area contributed by atoms with Gasteiger partial charge in [0, 0.05) is 41.9 Å². The van der Waals surface area contributed by atoms with Gasteiger partial charge in [0.25, 0.3) is 0 Å². The highest BCUT2D eigenvalue weighted by Crippen LogP contribution is 2.44. The fourth-order valence-corrected chi connectivity index (χ4v) is 8.38. The van der Waals surface area contributed by atoms with E-state index >= 15 is 8.78 Å². The number of amides is 1. The number of carbonyl (C=O) groups excluding carboxylic acids is 1. The van der Waals surface area contributed by atoms with Gasteiger partial charge < -0.3 is 14.5 Å². The SMILES string of the molecule is C=CC(=O)N1CCC2[C@H]1CN2c1nc(OC[C@@]23CCCN2C[C@H](F)C3)nc2c(F)c(-c3cccc4cccc(Cl)c34)c(F)cc12. The van der Waals surface area contributed by atoms with Crippen LogP contribution in [0, 0.1) is 11.6 Å². The number of fused-ring (bicyclic) bond motifs is 4. The van der Waals surface area contributed by atoms with Crippen molar-refractivity contribution in [2.45, 2.75) is 49.5 Å². The van der Waals surface area contributed by atoms with Crippen LogP contribution in [0.2, 0.25) is 5.02 Å². The second-order valence-electron chi connectivity index (χ2n) is 12.6. The van der Waals surface area contributed by atoms with Crippen LogP contribution in [-0.4, -0.2) is 82.3 Å². The number of nitrogens with zero attached hydrogens (tertiary/aromatic N) is 5. The number of likely N-dealkylation sites (tertiary alicyclic amines) is 1. The maximum Gasteiger partial charge on any atom is 0.319 e. The van der Waals surface area contributed by atoms with E-state index in [9.17, 15) is 9.18 Å². The van der Waals surface area contributed by atoms with Gasteiger partial charge in [-0.15, -0.1) is 0 Å². The quantitative estimate of drug-likeness (QED) is 0.232. The molecule has 0 N–H and O–H groups in total. The van der Waals surface area contributed by atoms with Crippen molar-refractivity contribution in [3.8, 4) is 17.1 Å². The maximum absolute atomic E-state index is 16.7. The van der Waals surface area contributed by atoms with E-state index in [1.54, 1.807) is 29.2 Å². The lowest BCUT2D eigenvalue weighted by atomic mass is 9.94. The smallest absolute Gasteiger partial charge is 0.319 e. The van der Waals surface area contributed by atoms with Gasteiger partial charge in [0.1, 0.15) is 29.9 Å². The van der Waals surface area contributed by atoms with E-state index in [-0.39, 0.29) is 47.1 Å². The predicted octanol–water partition coefficient (Wildman–Crippen LogP) is 6.31. The molecule has 3 aromatic carbocycles. The highest BCUT2D eigenvalue weighted by molar-refractivity contribution is 6.36. The molecule has 1 amide bonds. The second-order valence-corrected chi connectivity index (χ2v) is 13.0. The molecule has 4 fully saturated rings. The molecule has 4 atom stereocenters. The van der Waals surface area contributed by atoms with E-state index in [2.05, 4.69) is 16.5 Å². The zero-order valence-electron chi connectivity index (χ0n) is 24.5. The van der Waals surface area contributed by atoms with E-state index in [0.29, 0.717) is 54.3 Å². The lowest BCUT2D eigenvalue weighted by molar-refractivity contribution is -0.127. The Balaban J connectivity index is 1.25. The van der Waals surface area contributed by atoms with Gasteiger partial charge in [-0.25, -0.2) is 13.2 Å². The van der Waals surface area contributed by atoms with Crippen LogP contribution in [0.4, 0.5) is 19.0 Å². The van der Waals surface area contributed by atoms with Crippen LogP contribution < -0.4 is 9.64 Å². The van der Waals surface area contributed by atoms with E-state index in [0.717, 1.165) is 24.8 Å². The maximum atomic E-state index is 16.7. The molecule has 8 rings (SSSR count). The molecular formula is C34H31ClF3N5O2. The highest BCUT2D eigenvalue weighted by atomic mass is 35.5. The Morgan fingerprint density at radius 1 is 1.13 bits per heavy atom. The standard InChI is InChI=1S/C34H31ClF3N5O2/c1-2-27(44)42-13-10-25-26(42)17-43(25)32-22-14-24(37)29(21-8-3-6-19-7-4-9-23(35)28(19)21)30(38)31(22)39-33(40-32)45-18-34-11-5-12-41(34)16-20(36)15-34/h2-4,6-9,14,20,25-26H,1,5,10-13,15-18H2/t20-,25?,26-,34+/m1/s1. The number of ether oxygens (including phenoxy) is 1. The first-order valence-corrected chi connectivity index (χ1v) is 15.7. The largest absolute Gasteiger partial charge is 0.461 e. The Morgan fingerprint density at radius 2 is 1.96 bits per heavy atom. The molecular weight excluding hydrogens is 603 g/mol. The Kier molecular flexibility index (Phi) is 6.73. The first-order valence-electron chi connectivity index (χ1n) is 15.4. The van der Waals surface area contributed by atoms with Gasteiger partial charge in [-0.1, -0.05) is 48.5 Å². The van der Waals surface area contributed by atoms with Crippen molar-refractivity contribution in [1.82, 2.24) is 19.8 Å². The van der Waals surface area contributed by atoms with Crippen LogP contribution in [0.3, 0.4) is 0 Å². The summed E-state index contributed by atoms with van der Waals surface area (Å²) in [6, 6.07) is 11.6. The Morgan fingerprint density at radius 3 is 2.78 bits per heavy atom. The predicted molar refractivity (Wildman–Crippen MR) is 167 cm³/mol. The summed E-state index contributed by atoms with van der Waals surface area (Å²) in [7, 11) is 0. The van der Waals surface area contributed by atoms with Gasteiger partial charge in [0.15, 0.2) is 5.82 Å². The minimum atomic E-state index is -0.931. The second kappa shape index (κ2) is 10.6. The minimum absolute atomic E-state index is 0.0473. The number of carbonyl (C=O) groups is 1. The van der Waals surface area contributed by atoms with Crippen molar-refractivity contribution in [2.75, 3.05) is 37.7 Å². The molecule has 0 aliphatic carbocycles. The molecule has 0 spiro atoms. The molecule has 11 heteroatoms. The molecule has 4 saturated heterocycles. The van der Waals surface area contributed by atoms with Gasteiger partial charge in [0.2, 0.25) is 5.91 Å². The van der Waals surface area contributed by atoms with E-state index < -0.39 is 23.3 Å². The average Bonchev–Trinajstić information content (AvgIpc) is 3.65. The van der Waals surface area contributed by atoms with Crippen LogP contribution in [0.5, 0.6) is 6.01 Å². The molecule has 4 aromatic rings. The summed E-state index contributed by atoms with van der Waals surface area (Å²) in [5.74, 6) is -1.40. The highest BCUT2D eigenvalue weighted by Gasteiger charge is 2.51. The van der Waals surface area contributed by atoms with Gasteiger partial charge in [-0.3, -0.25) is 9.69 Å². The topological polar surface area (TPSA) is 61.8 Å². The first kappa shape index (κ1) is 28.6. The molecule has 45 heavy (non-hydrogen) atoms. The van der Waals surface area contributed by atoms with Crippen LogP contribution in [0.1, 0.15) is 25.7 Å². The van der Waals surface area contributed by atoms with E-state index in [1.807, 2.05) is 17.0 Å². The Labute approximate surface area is 263 Å². The summed E-state index contributed by atoms with van der Waals surface area (Å²) in [5, 5.41) is 1.88. The average molecular weight is 634 g/mol. The van der Waals surface area contributed by atoms with Gasteiger partial charge in [0.05, 0.1) is 23.2 Å². The monoisotopic (exact) mass is 633 g/mol. The summed E-state index contributed by atoms with van der Waals surface area (Å²) in [6.45, 7) is 5.95. The molecule has 7 nitrogen and oxygen atoms in total. The minimum Gasteiger partial charge on any atom is -0.461 e. The summed E-state index contributed by atoms with van der Waals surface area (Å²) in [6.07, 6.45) is 3.16.